The van der Waals surface area contributed by atoms with Crippen molar-refractivity contribution >= 4 is 0 Å². The van der Waals surface area contributed by atoms with Crippen molar-refractivity contribution in [3.8, 4) is 11.5 Å². The first-order valence-electron chi connectivity index (χ1n) is 5.85. The van der Waals surface area contributed by atoms with E-state index in [1.165, 1.54) is 5.56 Å². The fourth-order valence-corrected chi connectivity index (χ4v) is 1.95. The largest absolute Gasteiger partial charge is 0.493 e. The van der Waals surface area contributed by atoms with Crippen LogP contribution in [0.1, 0.15) is 12.0 Å². The first-order chi connectivity index (χ1) is 8.33. The van der Waals surface area contributed by atoms with Crippen LogP contribution in [0.3, 0.4) is 0 Å². The van der Waals surface area contributed by atoms with E-state index < -0.39 is 0 Å². The highest BCUT2D eigenvalue weighted by Crippen LogP contribution is 2.27. The maximum atomic E-state index is 5.32. The number of ether oxygens (including phenoxy) is 3. The van der Waals surface area contributed by atoms with Crippen LogP contribution in [-0.2, 0) is 11.3 Å². The van der Waals surface area contributed by atoms with Gasteiger partial charge in [-0.1, -0.05) is 6.07 Å². The minimum absolute atomic E-state index is 0.475. The van der Waals surface area contributed by atoms with Crippen molar-refractivity contribution in [2.45, 2.75) is 19.0 Å². The van der Waals surface area contributed by atoms with Crippen molar-refractivity contribution in [2.24, 2.45) is 0 Å². The summed E-state index contributed by atoms with van der Waals surface area (Å²) >= 11 is 0. The second-order valence-corrected chi connectivity index (χ2v) is 4.13. The number of nitrogens with one attached hydrogen (secondary N) is 1. The van der Waals surface area contributed by atoms with Crippen molar-refractivity contribution in [2.75, 3.05) is 27.4 Å². The van der Waals surface area contributed by atoms with Crippen molar-refractivity contribution in [1.82, 2.24) is 5.32 Å². The van der Waals surface area contributed by atoms with Crippen molar-refractivity contribution in [1.29, 1.82) is 0 Å². The molecule has 1 aliphatic heterocycles. The molecule has 1 aromatic carbocycles. The lowest BCUT2D eigenvalue weighted by Gasteiger charge is -2.12. The van der Waals surface area contributed by atoms with Gasteiger partial charge in [0.1, 0.15) is 0 Å². The van der Waals surface area contributed by atoms with Gasteiger partial charge in [0, 0.05) is 19.2 Å². The van der Waals surface area contributed by atoms with Crippen LogP contribution in [0, 0.1) is 0 Å². The maximum absolute atomic E-state index is 5.32. The molecule has 94 valence electrons. The molecule has 1 saturated heterocycles. The summed E-state index contributed by atoms with van der Waals surface area (Å²) in [6.45, 7) is 2.51. The van der Waals surface area contributed by atoms with E-state index in [9.17, 15) is 0 Å². The smallest absolute Gasteiger partial charge is 0.161 e. The summed E-state index contributed by atoms with van der Waals surface area (Å²) in [4.78, 5) is 0. The molecule has 0 bridgehead atoms. The average molecular weight is 237 g/mol. The second kappa shape index (κ2) is 5.89. The van der Waals surface area contributed by atoms with Gasteiger partial charge in [-0.15, -0.1) is 0 Å². The van der Waals surface area contributed by atoms with Crippen LogP contribution in [0.25, 0.3) is 0 Å². The van der Waals surface area contributed by atoms with Crippen molar-refractivity contribution < 1.29 is 14.2 Å². The van der Waals surface area contributed by atoms with E-state index in [0.717, 1.165) is 37.7 Å². The molecule has 1 aromatic rings. The molecule has 4 heteroatoms. The molecule has 1 aliphatic rings. The lowest BCUT2D eigenvalue weighted by atomic mass is 10.2. The highest BCUT2D eigenvalue weighted by molar-refractivity contribution is 5.42. The first-order valence-corrected chi connectivity index (χ1v) is 5.85. The van der Waals surface area contributed by atoms with E-state index in [1.54, 1.807) is 14.2 Å². The molecule has 0 aliphatic carbocycles. The molecule has 4 nitrogen and oxygen atoms in total. The monoisotopic (exact) mass is 237 g/mol. The fraction of sp³-hybridized carbons (Fsp3) is 0.538. The molecule has 17 heavy (non-hydrogen) atoms. The molecular formula is C13H19NO3. The predicted molar refractivity (Wildman–Crippen MR) is 65.6 cm³/mol. The molecule has 1 unspecified atom stereocenters. The molecule has 1 atom stereocenters. The van der Waals surface area contributed by atoms with Crippen LogP contribution in [0.2, 0.25) is 0 Å². The molecule has 0 saturated carbocycles. The quantitative estimate of drug-likeness (QED) is 0.844. The Bertz CT molecular complexity index is 362. The Morgan fingerprint density at radius 3 is 2.76 bits per heavy atom. The predicted octanol–water partition coefficient (Wildman–Crippen LogP) is 1.58. The molecule has 2 rings (SSSR count). The van der Waals surface area contributed by atoms with Crippen LogP contribution in [0.15, 0.2) is 18.2 Å². The van der Waals surface area contributed by atoms with Gasteiger partial charge < -0.3 is 19.5 Å². The zero-order valence-corrected chi connectivity index (χ0v) is 10.4. The zero-order chi connectivity index (χ0) is 12.1. The Kier molecular flexibility index (Phi) is 4.23. The molecule has 1 heterocycles. The summed E-state index contributed by atoms with van der Waals surface area (Å²) in [5, 5.41) is 3.47. The van der Waals surface area contributed by atoms with Gasteiger partial charge in [-0.2, -0.15) is 0 Å². The third-order valence-electron chi connectivity index (χ3n) is 2.97. The van der Waals surface area contributed by atoms with E-state index in [4.69, 9.17) is 14.2 Å². The summed E-state index contributed by atoms with van der Waals surface area (Å²) in [6.07, 6.45) is 1.09. The Hall–Kier alpha value is -1.26. The fourth-order valence-electron chi connectivity index (χ4n) is 1.95. The Morgan fingerprint density at radius 2 is 2.12 bits per heavy atom. The van der Waals surface area contributed by atoms with Gasteiger partial charge in [0.25, 0.3) is 0 Å². The van der Waals surface area contributed by atoms with Crippen LogP contribution < -0.4 is 14.8 Å². The number of methoxy groups -OCH3 is 2. The number of hydrogen-bond donors (Lipinski definition) is 1. The van der Waals surface area contributed by atoms with Crippen LogP contribution >= 0.6 is 0 Å². The second-order valence-electron chi connectivity index (χ2n) is 4.13. The van der Waals surface area contributed by atoms with E-state index in [1.807, 2.05) is 18.2 Å². The molecule has 0 aromatic heterocycles. The Morgan fingerprint density at radius 1 is 1.29 bits per heavy atom. The lowest BCUT2D eigenvalue weighted by Crippen LogP contribution is -2.28. The van der Waals surface area contributed by atoms with E-state index in [-0.39, 0.29) is 0 Å². The SMILES string of the molecule is COc1ccc(CNC2CCOC2)cc1OC. The van der Waals surface area contributed by atoms with Crippen LogP contribution in [0.5, 0.6) is 11.5 Å². The third kappa shape index (κ3) is 3.11. The van der Waals surface area contributed by atoms with Gasteiger partial charge in [-0.25, -0.2) is 0 Å². The number of hydrogen-bond acceptors (Lipinski definition) is 4. The van der Waals surface area contributed by atoms with Crippen LogP contribution in [-0.4, -0.2) is 33.5 Å². The molecule has 1 N–H and O–H groups in total. The molecular weight excluding hydrogens is 218 g/mol. The van der Waals surface area contributed by atoms with Gasteiger partial charge in [0.05, 0.1) is 20.8 Å². The average Bonchev–Trinajstić information content (AvgIpc) is 2.89. The summed E-state index contributed by atoms with van der Waals surface area (Å²) < 4.78 is 15.8. The molecule has 1 fully saturated rings. The summed E-state index contributed by atoms with van der Waals surface area (Å²) in [6, 6.07) is 6.45. The number of rotatable bonds is 5. The summed E-state index contributed by atoms with van der Waals surface area (Å²) in [7, 11) is 3.30. The molecule has 0 radical (unpaired) electrons. The van der Waals surface area contributed by atoms with Crippen molar-refractivity contribution in [3.63, 3.8) is 0 Å². The third-order valence-corrected chi connectivity index (χ3v) is 2.97. The summed E-state index contributed by atoms with van der Waals surface area (Å²) in [5.41, 5.74) is 1.19. The summed E-state index contributed by atoms with van der Waals surface area (Å²) in [5.74, 6) is 1.54. The van der Waals surface area contributed by atoms with E-state index >= 15 is 0 Å². The van der Waals surface area contributed by atoms with Gasteiger partial charge in [-0.05, 0) is 24.1 Å². The Labute approximate surface area is 102 Å². The highest BCUT2D eigenvalue weighted by atomic mass is 16.5. The van der Waals surface area contributed by atoms with Gasteiger partial charge in [-0.3, -0.25) is 0 Å². The minimum atomic E-state index is 0.475. The molecule has 0 amide bonds. The minimum Gasteiger partial charge on any atom is -0.493 e. The lowest BCUT2D eigenvalue weighted by molar-refractivity contribution is 0.190. The van der Waals surface area contributed by atoms with Gasteiger partial charge in [0.2, 0.25) is 0 Å². The van der Waals surface area contributed by atoms with E-state index in [2.05, 4.69) is 5.32 Å². The normalized spacial score (nSPS) is 19.3. The highest BCUT2D eigenvalue weighted by Gasteiger charge is 2.14. The Balaban J connectivity index is 1.95. The van der Waals surface area contributed by atoms with Gasteiger partial charge >= 0.3 is 0 Å². The standard InChI is InChI=1S/C13H19NO3/c1-15-12-4-3-10(7-13(12)16-2)8-14-11-5-6-17-9-11/h3-4,7,11,14H,5-6,8-9H2,1-2H3. The van der Waals surface area contributed by atoms with E-state index in [0.29, 0.717) is 6.04 Å². The zero-order valence-electron chi connectivity index (χ0n) is 10.4. The topological polar surface area (TPSA) is 39.7 Å². The van der Waals surface area contributed by atoms with Crippen molar-refractivity contribution in [3.05, 3.63) is 23.8 Å². The van der Waals surface area contributed by atoms with Gasteiger partial charge in [0.15, 0.2) is 11.5 Å². The molecule has 0 spiro atoms. The maximum Gasteiger partial charge on any atom is 0.161 e. The van der Waals surface area contributed by atoms with Crippen LogP contribution in [0.4, 0.5) is 0 Å². The number of benzene rings is 1. The first kappa shape index (κ1) is 12.2.